The van der Waals surface area contributed by atoms with Gasteiger partial charge in [0.15, 0.2) is 5.82 Å². The molecule has 3 heterocycles. The lowest BCUT2D eigenvalue weighted by atomic mass is 9.94. The van der Waals surface area contributed by atoms with Crippen LogP contribution in [0.3, 0.4) is 0 Å². The first kappa shape index (κ1) is 17.7. The van der Waals surface area contributed by atoms with Crippen molar-refractivity contribution in [3.8, 4) is 6.07 Å². The third kappa shape index (κ3) is 3.76. The fourth-order valence-electron chi connectivity index (χ4n) is 3.84. The van der Waals surface area contributed by atoms with E-state index in [-0.39, 0.29) is 5.92 Å². The van der Waals surface area contributed by atoms with Crippen molar-refractivity contribution in [2.45, 2.75) is 52.4 Å². The van der Waals surface area contributed by atoms with Crippen LogP contribution in [0.15, 0.2) is 0 Å². The molecule has 2 aliphatic rings. The molecule has 0 aliphatic carbocycles. The topological polar surface area (TPSA) is 73.1 Å². The highest BCUT2D eigenvalue weighted by Gasteiger charge is 2.30. The van der Waals surface area contributed by atoms with Gasteiger partial charge in [0.25, 0.3) is 0 Å². The molecule has 1 amide bonds. The number of aromatic nitrogens is 2. The van der Waals surface area contributed by atoms with E-state index in [4.69, 9.17) is 0 Å². The van der Waals surface area contributed by atoms with E-state index in [0.717, 1.165) is 63.1 Å². The maximum Gasteiger partial charge on any atom is 0.225 e. The molecule has 0 unspecified atom stereocenters. The Bertz CT molecular complexity index is 665. The summed E-state index contributed by atoms with van der Waals surface area (Å²) in [5.74, 6) is 1.11. The Labute approximate surface area is 149 Å². The molecule has 6 nitrogen and oxygen atoms in total. The van der Waals surface area contributed by atoms with Gasteiger partial charge in [-0.3, -0.25) is 4.79 Å². The molecule has 2 aliphatic heterocycles. The van der Waals surface area contributed by atoms with Gasteiger partial charge in [-0.15, -0.1) is 5.10 Å². The summed E-state index contributed by atoms with van der Waals surface area (Å²) in [5.41, 5.74) is 2.31. The number of anilines is 1. The minimum absolute atomic E-state index is 0.111. The zero-order valence-electron chi connectivity index (χ0n) is 15.3. The third-order valence-corrected chi connectivity index (χ3v) is 5.61. The maximum absolute atomic E-state index is 12.8. The molecular formula is C19H27N5O. The molecular weight excluding hydrogens is 314 g/mol. The predicted molar refractivity (Wildman–Crippen MR) is 96.2 cm³/mol. The van der Waals surface area contributed by atoms with Gasteiger partial charge in [0.2, 0.25) is 5.91 Å². The van der Waals surface area contributed by atoms with Crippen molar-refractivity contribution in [1.82, 2.24) is 15.1 Å². The largest absolute Gasteiger partial charge is 0.354 e. The van der Waals surface area contributed by atoms with Gasteiger partial charge in [-0.05, 0) is 45.1 Å². The molecule has 0 radical (unpaired) electrons. The van der Waals surface area contributed by atoms with Crippen molar-refractivity contribution in [2.75, 3.05) is 31.1 Å². The second-order valence-corrected chi connectivity index (χ2v) is 7.22. The number of nitriles is 1. The van der Waals surface area contributed by atoms with Crippen LogP contribution in [-0.2, 0) is 4.79 Å². The minimum atomic E-state index is 0.111. The van der Waals surface area contributed by atoms with Crippen LogP contribution >= 0.6 is 0 Å². The molecule has 0 saturated carbocycles. The van der Waals surface area contributed by atoms with Gasteiger partial charge in [0.05, 0.1) is 5.69 Å². The molecule has 0 spiro atoms. The first-order valence-corrected chi connectivity index (χ1v) is 9.39. The molecule has 134 valence electrons. The Kier molecular flexibility index (Phi) is 5.52. The molecule has 6 heteroatoms. The Balaban J connectivity index is 1.65. The number of carbonyl (C=O) groups excluding carboxylic acids is 1. The number of hydrogen-bond acceptors (Lipinski definition) is 5. The summed E-state index contributed by atoms with van der Waals surface area (Å²) in [5, 5.41) is 17.9. The lowest BCUT2D eigenvalue weighted by Crippen LogP contribution is -2.43. The monoisotopic (exact) mass is 341 g/mol. The van der Waals surface area contributed by atoms with Crippen molar-refractivity contribution in [2.24, 2.45) is 5.92 Å². The Morgan fingerprint density at radius 3 is 2.28 bits per heavy atom. The molecule has 0 bridgehead atoms. The molecule has 0 N–H and O–H groups in total. The van der Waals surface area contributed by atoms with Crippen LogP contribution in [0.25, 0.3) is 0 Å². The quantitative estimate of drug-likeness (QED) is 0.826. The first-order chi connectivity index (χ1) is 12.1. The van der Waals surface area contributed by atoms with Crippen LogP contribution in [0, 0.1) is 31.1 Å². The fourth-order valence-corrected chi connectivity index (χ4v) is 3.84. The summed E-state index contributed by atoms with van der Waals surface area (Å²) in [6.45, 7) is 7.15. The molecule has 0 atom stereocenters. The molecule has 2 saturated heterocycles. The van der Waals surface area contributed by atoms with E-state index in [1.807, 2.05) is 13.8 Å². The molecule has 25 heavy (non-hydrogen) atoms. The van der Waals surface area contributed by atoms with Crippen LogP contribution in [0.5, 0.6) is 0 Å². The molecule has 1 aromatic heterocycles. The van der Waals surface area contributed by atoms with Crippen molar-refractivity contribution in [1.29, 1.82) is 5.26 Å². The number of amides is 1. The third-order valence-electron chi connectivity index (χ3n) is 5.61. The Morgan fingerprint density at radius 1 is 1.04 bits per heavy atom. The average molecular weight is 341 g/mol. The van der Waals surface area contributed by atoms with E-state index in [9.17, 15) is 10.1 Å². The van der Waals surface area contributed by atoms with Crippen molar-refractivity contribution in [3.63, 3.8) is 0 Å². The van der Waals surface area contributed by atoms with Crippen molar-refractivity contribution >= 4 is 11.7 Å². The SMILES string of the molecule is Cc1nnc(N2CCC(C(=O)N3CCCCCC3)CC2)c(C#N)c1C. The average Bonchev–Trinajstić information content (AvgIpc) is 2.93. The summed E-state index contributed by atoms with van der Waals surface area (Å²) in [6.07, 6.45) is 6.40. The van der Waals surface area contributed by atoms with Gasteiger partial charge in [-0.2, -0.15) is 10.4 Å². The number of piperidine rings is 1. The second-order valence-electron chi connectivity index (χ2n) is 7.22. The summed E-state index contributed by atoms with van der Waals surface area (Å²) in [4.78, 5) is 17.0. The van der Waals surface area contributed by atoms with Crippen molar-refractivity contribution < 1.29 is 4.79 Å². The predicted octanol–water partition coefficient (Wildman–Crippen LogP) is 2.58. The number of carbonyl (C=O) groups is 1. The van der Waals surface area contributed by atoms with E-state index >= 15 is 0 Å². The van der Waals surface area contributed by atoms with Gasteiger partial charge in [0.1, 0.15) is 11.6 Å². The number of likely N-dealkylation sites (tertiary alicyclic amines) is 1. The Hall–Kier alpha value is -2.16. The zero-order valence-corrected chi connectivity index (χ0v) is 15.3. The first-order valence-electron chi connectivity index (χ1n) is 9.39. The van der Waals surface area contributed by atoms with Crippen LogP contribution in [-0.4, -0.2) is 47.2 Å². The van der Waals surface area contributed by atoms with Crippen LogP contribution in [0.1, 0.15) is 55.3 Å². The smallest absolute Gasteiger partial charge is 0.225 e. The second kappa shape index (κ2) is 7.81. The van der Waals surface area contributed by atoms with E-state index in [1.165, 1.54) is 12.8 Å². The number of rotatable bonds is 2. The lowest BCUT2D eigenvalue weighted by Gasteiger charge is -2.34. The summed E-state index contributed by atoms with van der Waals surface area (Å²) in [6, 6.07) is 2.28. The maximum atomic E-state index is 12.8. The van der Waals surface area contributed by atoms with Gasteiger partial charge in [0, 0.05) is 32.1 Å². The highest BCUT2D eigenvalue weighted by atomic mass is 16.2. The zero-order chi connectivity index (χ0) is 17.8. The van der Waals surface area contributed by atoms with Gasteiger partial charge in [-0.25, -0.2) is 0 Å². The highest BCUT2D eigenvalue weighted by molar-refractivity contribution is 5.79. The Morgan fingerprint density at radius 2 is 1.68 bits per heavy atom. The van der Waals surface area contributed by atoms with Gasteiger partial charge >= 0.3 is 0 Å². The van der Waals surface area contributed by atoms with Crippen LogP contribution in [0.2, 0.25) is 0 Å². The fraction of sp³-hybridized carbons (Fsp3) is 0.684. The minimum Gasteiger partial charge on any atom is -0.354 e. The van der Waals surface area contributed by atoms with Gasteiger partial charge < -0.3 is 9.80 Å². The molecule has 0 aromatic carbocycles. The summed E-state index contributed by atoms with van der Waals surface area (Å²) >= 11 is 0. The van der Waals surface area contributed by atoms with Crippen molar-refractivity contribution in [3.05, 3.63) is 16.8 Å². The van der Waals surface area contributed by atoms with E-state index in [2.05, 4.69) is 26.1 Å². The van der Waals surface area contributed by atoms with Crippen LogP contribution < -0.4 is 4.90 Å². The standard InChI is InChI=1S/C19H27N5O/c1-14-15(2)21-22-18(17(14)13-20)23-11-7-16(8-12-23)19(25)24-9-5-3-4-6-10-24/h16H,3-12H2,1-2H3. The normalized spacial score (nSPS) is 19.4. The summed E-state index contributed by atoms with van der Waals surface area (Å²) in [7, 11) is 0. The number of aryl methyl sites for hydroxylation is 1. The summed E-state index contributed by atoms with van der Waals surface area (Å²) < 4.78 is 0. The highest BCUT2D eigenvalue weighted by Crippen LogP contribution is 2.27. The lowest BCUT2D eigenvalue weighted by molar-refractivity contribution is -0.136. The number of nitrogens with zero attached hydrogens (tertiary/aromatic N) is 5. The molecule has 2 fully saturated rings. The molecule has 1 aromatic rings. The molecule has 3 rings (SSSR count). The van der Waals surface area contributed by atoms with Gasteiger partial charge in [-0.1, -0.05) is 12.8 Å². The van der Waals surface area contributed by atoms with E-state index in [1.54, 1.807) is 0 Å². The number of hydrogen-bond donors (Lipinski definition) is 0. The van der Waals surface area contributed by atoms with Crippen LogP contribution in [0.4, 0.5) is 5.82 Å². The van der Waals surface area contributed by atoms with E-state index < -0.39 is 0 Å². The van der Waals surface area contributed by atoms with E-state index in [0.29, 0.717) is 17.3 Å².